The average Bonchev–Trinajstić information content (AvgIpc) is 2.71. The van der Waals surface area contributed by atoms with Crippen molar-refractivity contribution in [3.8, 4) is 0 Å². The Morgan fingerprint density at radius 3 is 3.08 bits per heavy atom. The molecule has 4 heteroatoms. The lowest BCUT2D eigenvalue weighted by molar-refractivity contribution is 0.627. The van der Waals surface area contributed by atoms with E-state index in [1.165, 1.54) is 18.6 Å². The molecule has 0 amide bonds. The van der Waals surface area contributed by atoms with E-state index in [1.807, 2.05) is 11.8 Å². The molecule has 0 aromatic carbocycles. The number of nitrogens with zero attached hydrogens (tertiary/aromatic N) is 2. The molecule has 2 atom stereocenters. The Morgan fingerprint density at radius 1 is 1.54 bits per heavy atom. The highest BCUT2D eigenvalue weighted by atomic mass is 32.2. The van der Waals surface area contributed by atoms with Gasteiger partial charge in [0.25, 0.3) is 0 Å². The zero-order chi connectivity index (χ0) is 9.10. The SMILES string of the molecule is NC(c1cnccn1)C1CCCS1. The van der Waals surface area contributed by atoms with Crippen LogP contribution in [0, 0.1) is 0 Å². The van der Waals surface area contributed by atoms with Crippen LogP contribution in [0.3, 0.4) is 0 Å². The maximum atomic E-state index is 6.08. The smallest absolute Gasteiger partial charge is 0.0765 e. The summed E-state index contributed by atoms with van der Waals surface area (Å²) in [4.78, 5) is 8.25. The zero-order valence-corrected chi connectivity index (χ0v) is 8.20. The first-order valence-electron chi connectivity index (χ1n) is 4.51. The van der Waals surface area contributed by atoms with Crippen molar-refractivity contribution in [2.24, 2.45) is 5.73 Å². The average molecular weight is 195 g/mol. The number of hydrogen-bond donors (Lipinski definition) is 1. The summed E-state index contributed by atoms with van der Waals surface area (Å²) in [6.07, 6.45) is 7.64. The van der Waals surface area contributed by atoms with Gasteiger partial charge in [-0.25, -0.2) is 0 Å². The Labute approximate surface area is 82.2 Å². The molecule has 3 nitrogen and oxygen atoms in total. The molecule has 1 aromatic rings. The van der Waals surface area contributed by atoms with Gasteiger partial charge in [-0.15, -0.1) is 0 Å². The van der Waals surface area contributed by atoms with Crippen molar-refractivity contribution in [1.29, 1.82) is 0 Å². The third kappa shape index (κ3) is 2.00. The van der Waals surface area contributed by atoms with Gasteiger partial charge in [-0.2, -0.15) is 11.8 Å². The summed E-state index contributed by atoms with van der Waals surface area (Å²) in [5.41, 5.74) is 7.00. The van der Waals surface area contributed by atoms with Crippen LogP contribution in [0.25, 0.3) is 0 Å². The molecule has 1 saturated heterocycles. The quantitative estimate of drug-likeness (QED) is 0.774. The molecule has 2 N–H and O–H groups in total. The first-order valence-corrected chi connectivity index (χ1v) is 5.56. The van der Waals surface area contributed by atoms with Crippen LogP contribution in [0.2, 0.25) is 0 Å². The molecule has 70 valence electrons. The second kappa shape index (κ2) is 4.07. The molecule has 0 radical (unpaired) electrons. The predicted octanol–water partition coefficient (Wildman–Crippen LogP) is 1.37. The van der Waals surface area contributed by atoms with Crippen LogP contribution in [0.5, 0.6) is 0 Å². The van der Waals surface area contributed by atoms with Crippen LogP contribution >= 0.6 is 11.8 Å². The van der Waals surface area contributed by atoms with Crippen LogP contribution in [-0.2, 0) is 0 Å². The summed E-state index contributed by atoms with van der Waals surface area (Å²) in [5.74, 6) is 1.23. The topological polar surface area (TPSA) is 51.8 Å². The van der Waals surface area contributed by atoms with Gasteiger partial charge in [0.2, 0.25) is 0 Å². The first-order chi connectivity index (χ1) is 6.38. The van der Waals surface area contributed by atoms with E-state index in [2.05, 4.69) is 9.97 Å². The minimum Gasteiger partial charge on any atom is -0.322 e. The van der Waals surface area contributed by atoms with Gasteiger partial charge in [0.1, 0.15) is 0 Å². The molecule has 1 aliphatic rings. The minimum absolute atomic E-state index is 0.0567. The highest BCUT2D eigenvalue weighted by Gasteiger charge is 2.24. The Hall–Kier alpha value is -0.610. The third-order valence-corrected chi connectivity index (χ3v) is 3.77. The maximum Gasteiger partial charge on any atom is 0.0765 e. The fourth-order valence-corrected chi connectivity index (χ4v) is 2.88. The molecule has 0 aliphatic carbocycles. The van der Waals surface area contributed by atoms with Crippen molar-refractivity contribution in [3.05, 3.63) is 24.3 Å². The summed E-state index contributed by atoms with van der Waals surface area (Å²) in [7, 11) is 0. The van der Waals surface area contributed by atoms with Gasteiger partial charge < -0.3 is 5.73 Å². The number of nitrogens with two attached hydrogens (primary N) is 1. The van der Waals surface area contributed by atoms with Crippen molar-refractivity contribution in [2.75, 3.05) is 5.75 Å². The molecule has 1 aromatic heterocycles. The van der Waals surface area contributed by atoms with Crippen molar-refractivity contribution in [3.63, 3.8) is 0 Å². The number of aromatic nitrogens is 2. The summed E-state index contributed by atoms with van der Waals surface area (Å²) in [6.45, 7) is 0. The summed E-state index contributed by atoms with van der Waals surface area (Å²) in [5, 5.41) is 0.539. The Kier molecular flexibility index (Phi) is 2.80. The van der Waals surface area contributed by atoms with Gasteiger partial charge in [0.05, 0.1) is 11.7 Å². The minimum atomic E-state index is 0.0567. The lowest BCUT2D eigenvalue weighted by Crippen LogP contribution is -2.22. The standard InChI is InChI=1S/C9H13N3S/c10-9(8-2-1-5-13-8)7-6-11-3-4-12-7/h3-4,6,8-9H,1-2,5,10H2. The molecule has 2 rings (SSSR count). The van der Waals surface area contributed by atoms with Gasteiger partial charge in [0, 0.05) is 23.8 Å². The van der Waals surface area contributed by atoms with Gasteiger partial charge in [-0.1, -0.05) is 0 Å². The fourth-order valence-electron chi connectivity index (χ4n) is 1.56. The molecule has 0 bridgehead atoms. The van der Waals surface area contributed by atoms with E-state index >= 15 is 0 Å². The highest BCUT2D eigenvalue weighted by Crippen LogP contribution is 2.33. The molecule has 13 heavy (non-hydrogen) atoms. The molecule has 0 saturated carbocycles. The van der Waals surface area contributed by atoms with E-state index in [1.54, 1.807) is 18.6 Å². The Balaban J connectivity index is 2.08. The maximum absolute atomic E-state index is 6.08. The lowest BCUT2D eigenvalue weighted by atomic mass is 10.1. The highest BCUT2D eigenvalue weighted by molar-refractivity contribution is 8.00. The molecule has 1 aliphatic heterocycles. The van der Waals surface area contributed by atoms with Crippen molar-refractivity contribution >= 4 is 11.8 Å². The van der Waals surface area contributed by atoms with Crippen molar-refractivity contribution < 1.29 is 0 Å². The van der Waals surface area contributed by atoms with Gasteiger partial charge in [0.15, 0.2) is 0 Å². The van der Waals surface area contributed by atoms with E-state index in [4.69, 9.17) is 5.73 Å². The third-order valence-electron chi connectivity index (χ3n) is 2.29. The number of rotatable bonds is 2. The van der Waals surface area contributed by atoms with E-state index in [0.717, 1.165) is 5.69 Å². The van der Waals surface area contributed by atoms with Gasteiger partial charge in [-0.05, 0) is 18.6 Å². The monoisotopic (exact) mass is 195 g/mol. The van der Waals surface area contributed by atoms with Crippen molar-refractivity contribution in [2.45, 2.75) is 24.1 Å². The van der Waals surface area contributed by atoms with Crippen LogP contribution in [0.1, 0.15) is 24.6 Å². The van der Waals surface area contributed by atoms with E-state index in [-0.39, 0.29) is 6.04 Å². The molecular formula is C9H13N3S. The number of thioether (sulfide) groups is 1. The summed E-state index contributed by atoms with van der Waals surface area (Å²) >= 11 is 1.95. The largest absolute Gasteiger partial charge is 0.322 e. The van der Waals surface area contributed by atoms with Gasteiger partial charge in [-0.3, -0.25) is 9.97 Å². The zero-order valence-electron chi connectivity index (χ0n) is 7.39. The lowest BCUT2D eigenvalue weighted by Gasteiger charge is -2.16. The molecular weight excluding hydrogens is 182 g/mol. The van der Waals surface area contributed by atoms with E-state index in [9.17, 15) is 0 Å². The second-order valence-corrected chi connectivity index (χ2v) is 4.55. The molecule has 0 spiro atoms. The van der Waals surface area contributed by atoms with Crippen LogP contribution in [0.15, 0.2) is 18.6 Å². The molecule has 2 heterocycles. The van der Waals surface area contributed by atoms with Gasteiger partial charge >= 0.3 is 0 Å². The van der Waals surface area contributed by atoms with E-state index < -0.39 is 0 Å². The first kappa shape index (κ1) is 8.97. The van der Waals surface area contributed by atoms with Crippen LogP contribution in [-0.4, -0.2) is 21.0 Å². The molecule has 1 fully saturated rings. The fraction of sp³-hybridized carbons (Fsp3) is 0.556. The molecule has 2 unspecified atom stereocenters. The van der Waals surface area contributed by atoms with Crippen molar-refractivity contribution in [1.82, 2.24) is 9.97 Å². The Morgan fingerprint density at radius 2 is 2.46 bits per heavy atom. The summed E-state index contributed by atoms with van der Waals surface area (Å²) in [6, 6.07) is 0.0567. The van der Waals surface area contributed by atoms with Crippen LogP contribution < -0.4 is 5.73 Å². The normalized spacial score (nSPS) is 24.5. The predicted molar refractivity (Wildman–Crippen MR) is 54.4 cm³/mol. The van der Waals surface area contributed by atoms with E-state index in [0.29, 0.717) is 5.25 Å². The Bertz CT molecular complexity index is 259. The summed E-state index contributed by atoms with van der Waals surface area (Å²) < 4.78 is 0. The number of hydrogen-bond acceptors (Lipinski definition) is 4. The van der Waals surface area contributed by atoms with Crippen LogP contribution in [0.4, 0.5) is 0 Å². The second-order valence-electron chi connectivity index (χ2n) is 3.21.